The first-order chi connectivity index (χ1) is 10.3. The molecule has 3 atom stereocenters. The molecule has 1 aliphatic carbocycles. The highest BCUT2D eigenvalue weighted by atomic mass is 32.2. The molecule has 0 bridgehead atoms. The first-order valence-corrected chi connectivity index (χ1v) is 9.51. The Morgan fingerprint density at radius 1 is 0.955 bits per heavy atom. The van der Waals surface area contributed by atoms with E-state index in [0.29, 0.717) is 13.0 Å². The van der Waals surface area contributed by atoms with Crippen molar-refractivity contribution in [2.45, 2.75) is 42.3 Å². The van der Waals surface area contributed by atoms with Crippen molar-refractivity contribution in [3.63, 3.8) is 0 Å². The molecule has 1 saturated carbocycles. The fourth-order valence-corrected chi connectivity index (χ4v) is 5.39. The SMILES string of the molecule is [N-]=[N+]=NS(=O)(=O)C1CC(CC2CO2)CC(S(=O)(=O)N=[N+]=[N-])C1. The van der Waals surface area contributed by atoms with Gasteiger partial charge in [-0.25, -0.2) is 16.8 Å². The second-order valence-electron chi connectivity index (χ2n) is 5.38. The van der Waals surface area contributed by atoms with E-state index in [1.165, 1.54) is 0 Å². The predicted molar refractivity (Wildman–Crippen MR) is 75.4 cm³/mol. The maximum Gasteiger partial charge on any atom is 0.238 e. The lowest BCUT2D eigenvalue weighted by Gasteiger charge is -2.32. The summed E-state index contributed by atoms with van der Waals surface area (Å²) < 4.78 is 58.3. The van der Waals surface area contributed by atoms with Crippen LogP contribution in [0.2, 0.25) is 0 Å². The lowest BCUT2D eigenvalue weighted by Crippen LogP contribution is -2.38. The van der Waals surface area contributed by atoms with Crippen molar-refractivity contribution in [2.75, 3.05) is 6.61 Å². The van der Waals surface area contributed by atoms with Gasteiger partial charge in [0.25, 0.3) is 0 Å². The van der Waals surface area contributed by atoms with Crippen LogP contribution in [0.15, 0.2) is 9.04 Å². The van der Waals surface area contributed by atoms with Crippen LogP contribution in [0.3, 0.4) is 0 Å². The second kappa shape index (κ2) is 6.31. The summed E-state index contributed by atoms with van der Waals surface area (Å²) in [5, 5.41) is -2.20. The van der Waals surface area contributed by atoms with Crippen LogP contribution in [0.25, 0.3) is 20.9 Å². The molecule has 2 rings (SSSR count). The van der Waals surface area contributed by atoms with E-state index in [2.05, 4.69) is 18.9 Å². The minimum atomic E-state index is -4.12. The van der Waals surface area contributed by atoms with Gasteiger partial charge in [0.1, 0.15) is 0 Å². The standard InChI is InChI=1S/C9H14N6O5S2/c10-12-14-21(16,17)8-2-6(1-7-5-20-7)3-9(4-8)22(18,19)15-13-11/h6-9H,1-5H2. The Morgan fingerprint density at radius 3 is 1.77 bits per heavy atom. The van der Waals surface area contributed by atoms with Gasteiger partial charge in [0.2, 0.25) is 20.0 Å². The zero-order valence-corrected chi connectivity index (χ0v) is 13.0. The van der Waals surface area contributed by atoms with Crippen LogP contribution in [-0.4, -0.2) is 40.0 Å². The van der Waals surface area contributed by atoms with E-state index in [9.17, 15) is 16.8 Å². The molecule has 0 N–H and O–H groups in total. The summed E-state index contributed by atoms with van der Waals surface area (Å²) in [6.45, 7) is 0.567. The molecule has 0 aromatic carbocycles. The Labute approximate surface area is 127 Å². The van der Waals surface area contributed by atoms with Crippen molar-refractivity contribution in [3.05, 3.63) is 20.9 Å². The monoisotopic (exact) mass is 350 g/mol. The average Bonchev–Trinajstić information content (AvgIpc) is 3.22. The van der Waals surface area contributed by atoms with Crippen molar-refractivity contribution >= 4 is 20.0 Å². The first-order valence-electron chi connectivity index (χ1n) is 6.50. The van der Waals surface area contributed by atoms with Gasteiger partial charge in [0.05, 0.1) is 23.2 Å². The molecule has 11 nitrogen and oxygen atoms in total. The third-order valence-corrected chi connectivity index (χ3v) is 6.92. The molecule has 3 unspecified atom stereocenters. The molecule has 13 heteroatoms. The number of hydrogen-bond donors (Lipinski definition) is 0. The van der Waals surface area contributed by atoms with Gasteiger partial charge in [-0.1, -0.05) is 0 Å². The van der Waals surface area contributed by atoms with E-state index >= 15 is 0 Å². The quantitative estimate of drug-likeness (QED) is 0.305. The topological polar surface area (TPSA) is 178 Å². The maximum atomic E-state index is 11.9. The van der Waals surface area contributed by atoms with Crippen molar-refractivity contribution in [2.24, 2.45) is 15.0 Å². The summed E-state index contributed by atoms with van der Waals surface area (Å²) >= 11 is 0. The van der Waals surface area contributed by atoms with E-state index in [4.69, 9.17) is 15.8 Å². The molecule has 0 amide bonds. The number of rotatable bonds is 6. The smallest absolute Gasteiger partial charge is 0.238 e. The number of epoxide rings is 1. The number of azide groups is 2. The molecular weight excluding hydrogens is 336 g/mol. The summed E-state index contributed by atoms with van der Waals surface area (Å²) in [6, 6.07) is 0. The van der Waals surface area contributed by atoms with Crippen LogP contribution in [-0.2, 0) is 24.8 Å². The third-order valence-electron chi connectivity index (χ3n) is 3.86. The van der Waals surface area contributed by atoms with E-state index < -0.39 is 30.5 Å². The second-order valence-corrected chi connectivity index (χ2v) is 9.10. The molecule has 2 fully saturated rings. The van der Waals surface area contributed by atoms with E-state index in [1.54, 1.807) is 0 Å². The van der Waals surface area contributed by atoms with Crippen molar-refractivity contribution in [1.82, 2.24) is 0 Å². The number of hydrogen-bond acceptors (Lipinski definition) is 5. The minimum Gasteiger partial charge on any atom is -0.373 e. The van der Waals surface area contributed by atoms with Crippen molar-refractivity contribution in [3.8, 4) is 0 Å². The van der Waals surface area contributed by atoms with Gasteiger partial charge in [-0.05, 0) is 42.7 Å². The van der Waals surface area contributed by atoms with E-state index in [-0.39, 0.29) is 31.3 Å². The predicted octanol–water partition coefficient (Wildman–Crippen LogP) is 1.59. The zero-order chi connectivity index (χ0) is 16.4. The van der Waals surface area contributed by atoms with Gasteiger partial charge in [-0.2, -0.15) is 0 Å². The third kappa shape index (κ3) is 4.02. The molecule has 0 radical (unpaired) electrons. The fourth-order valence-electron chi connectivity index (χ4n) is 2.82. The van der Waals surface area contributed by atoms with Crippen LogP contribution in [0, 0.1) is 5.92 Å². The fraction of sp³-hybridized carbons (Fsp3) is 1.00. The zero-order valence-electron chi connectivity index (χ0n) is 11.4. The molecule has 2 aliphatic rings. The highest BCUT2D eigenvalue weighted by Gasteiger charge is 2.42. The van der Waals surface area contributed by atoms with Gasteiger partial charge >= 0.3 is 0 Å². The van der Waals surface area contributed by atoms with Crippen LogP contribution < -0.4 is 0 Å². The largest absolute Gasteiger partial charge is 0.373 e. The molecule has 0 aromatic rings. The van der Waals surface area contributed by atoms with Crippen molar-refractivity contribution in [1.29, 1.82) is 0 Å². The highest BCUT2D eigenvalue weighted by Crippen LogP contribution is 2.38. The van der Waals surface area contributed by atoms with E-state index in [1.807, 2.05) is 0 Å². The summed E-state index contributed by atoms with van der Waals surface area (Å²) in [7, 11) is -8.24. The number of nitrogens with zero attached hydrogens (tertiary/aromatic N) is 6. The lowest BCUT2D eigenvalue weighted by atomic mass is 9.85. The first kappa shape index (κ1) is 16.8. The lowest BCUT2D eigenvalue weighted by molar-refractivity contribution is 0.293. The molecule has 0 spiro atoms. The maximum absolute atomic E-state index is 11.9. The van der Waals surface area contributed by atoms with Gasteiger partial charge in [0, 0.05) is 18.9 Å². The Hall–Kier alpha value is -1.52. The Balaban J connectivity index is 2.27. The number of ether oxygens (including phenoxy) is 1. The van der Waals surface area contributed by atoms with E-state index in [0.717, 1.165) is 0 Å². The molecule has 1 aliphatic heterocycles. The van der Waals surface area contributed by atoms with Crippen molar-refractivity contribution < 1.29 is 21.6 Å². The Morgan fingerprint density at radius 2 is 1.41 bits per heavy atom. The summed E-state index contributed by atoms with van der Waals surface area (Å²) in [5.41, 5.74) is 16.7. The van der Waals surface area contributed by atoms with Crippen LogP contribution in [0.1, 0.15) is 25.7 Å². The minimum absolute atomic E-state index is 0.00810. The normalized spacial score (nSPS) is 31.6. The van der Waals surface area contributed by atoms with Gasteiger partial charge < -0.3 is 4.74 Å². The molecule has 1 heterocycles. The number of sulfonamides is 2. The Bertz CT molecular complexity index is 676. The Kier molecular flexibility index (Phi) is 4.83. The molecule has 0 aromatic heterocycles. The highest BCUT2D eigenvalue weighted by molar-refractivity contribution is 7.91. The summed E-state index contributed by atoms with van der Waals surface area (Å²) in [6.07, 6.45) is 0.691. The van der Waals surface area contributed by atoms with Crippen LogP contribution in [0.4, 0.5) is 0 Å². The molecule has 122 valence electrons. The molecule has 1 saturated heterocycles. The van der Waals surface area contributed by atoms with Gasteiger partial charge in [-0.3, -0.25) is 0 Å². The molecular formula is C9H14N6O5S2. The van der Waals surface area contributed by atoms with Gasteiger partial charge in [-0.15, -0.1) is 0 Å². The van der Waals surface area contributed by atoms with Crippen LogP contribution >= 0.6 is 0 Å². The molecule has 22 heavy (non-hydrogen) atoms. The average molecular weight is 350 g/mol. The summed E-state index contributed by atoms with van der Waals surface area (Å²) in [4.78, 5) is 4.57. The van der Waals surface area contributed by atoms with Gasteiger partial charge in [0.15, 0.2) is 0 Å². The summed E-state index contributed by atoms with van der Waals surface area (Å²) in [5.74, 6) is -0.219. The van der Waals surface area contributed by atoms with Crippen LogP contribution in [0.5, 0.6) is 0 Å².